The molecule has 0 aliphatic heterocycles. The minimum atomic E-state index is 0.341. The van der Waals surface area contributed by atoms with E-state index in [2.05, 4.69) is 32.9 Å². The van der Waals surface area contributed by atoms with Gasteiger partial charge < -0.3 is 0 Å². The van der Waals surface area contributed by atoms with Crippen molar-refractivity contribution in [1.82, 2.24) is 0 Å². The number of carbonyl (C=O) groups is 1. The summed E-state index contributed by atoms with van der Waals surface area (Å²) in [4.78, 5) is 12.0. The molecule has 0 aromatic heterocycles. The van der Waals surface area contributed by atoms with E-state index in [1.54, 1.807) is 11.1 Å². The standard InChI is InChI=1S/C21H28O.C2H6/c1-12-4-5-16-19-15-11-14(15)18-10-13(22)6-8-21(18,3)17(19)7-9-20(12,16)2;1-2/h4,10,14-17,19H,5-9,11H2,1-3H3;1-2H3. The fraction of sp³-hybridized carbons (Fsp3) is 0.783. The van der Waals surface area contributed by atoms with Crippen molar-refractivity contribution in [3.63, 3.8) is 0 Å². The lowest BCUT2D eigenvalue weighted by Gasteiger charge is -2.57. The minimum absolute atomic E-state index is 0.341. The topological polar surface area (TPSA) is 17.1 Å². The van der Waals surface area contributed by atoms with Gasteiger partial charge in [-0.2, -0.15) is 0 Å². The third kappa shape index (κ3) is 1.96. The van der Waals surface area contributed by atoms with Crippen molar-refractivity contribution in [3.05, 3.63) is 23.3 Å². The molecule has 7 atom stereocenters. The maximum Gasteiger partial charge on any atom is 0.155 e. The highest BCUT2D eigenvalue weighted by Crippen LogP contribution is 2.73. The fourth-order valence-electron chi connectivity index (χ4n) is 7.19. The third-order valence-electron chi connectivity index (χ3n) is 8.72. The monoisotopic (exact) mass is 326 g/mol. The van der Waals surface area contributed by atoms with Crippen LogP contribution in [0.5, 0.6) is 0 Å². The van der Waals surface area contributed by atoms with E-state index in [1.807, 2.05) is 13.8 Å². The predicted octanol–water partition coefficient (Wildman–Crippen LogP) is 5.96. The SMILES string of the molecule is CC.CC1=CCC2C3C4CC4C4=CC(=O)CCC4(C)C3CCC12C. The van der Waals surface area contributed by atoms with E-state index >= 15 is 0 Å². The highest BCUT2D eigenvalue weighted by molar-refractivity contribution is 5.92. The molecule has 0 radical (unpaired) electrons. The number of carbonyl (C=O) groups excluding carboxylic acids is 1. The summed E-state index contributed by atoms with van der Waals surface area (Å²) in [6, 6.07) is 0. The van der Waals surface area contributed by atoms with Crippen molar-refractivity contribution in [3.8, 4) is 0 Å². The summed E-state index contributed by atoms with van der Waals surface area (Å²) in [6.45, 7) is 11.4. The van der Waals surface area contributed by atoms with Gasteiger partial charge in [0, 0.05) is 6.42 Å². The second-order valence-electron chi connectivity index (χ2n) is 9.36. The normalized spacial score (nSPS) is 51.0. The first-order chi connectivity index (χ1) is 11.4. The van der Waals surface area contributed by atoms with E-state index in [4.69, 9.17) is 0 Å². The van der Waals surface area contributed by atoms with Gasteiger partial charge in [-0.15, -0.1) is 0 Å². The Morgan fingerprint density at radius 2 is 1.83 bits per heavy atom. The van der Waals surface area contributed by atoms with Crippen LogP contribution in [0.4, 0.5) is 0 Å². The molecule has 0 bridgehead atoms. The molecule has 0 amide bonds. The zero-order valence-corrected chi connectivity index (χ0v) is 16.2. The van der Waals surface area contributed by atoms with Gasteiger partial charge in [-0.3, -0.25) is 4.79 Å². The van der Waals surface area contributed by atoms with E-state index < -0.39 is 0 Å². The minimum Gasteiger partial charge on any atom is -0.295 e. The molecule has 1 nitrogen and oxygen atoms in total. The first-order valence-electron chi connectivity index (χ1n) is 10.4. The molecule has 3 fully saturated rings. The van der Waals surface area contributed by atoms with E-state index in [9.17, 15) is 4.79 Å². The molecule has 132 valence electrons. The molecule has 5 rings (SSSR count). The van der Waals surface area contributed by atoms with Crippen LogP contribution in [-0.4, -0.2) is 5.78 Å². The summed E-state index contributed by atoms with van der Waals surface area (Å²) in [7, 11) is 0. The Kier molecular flexibility index (Phi) is 3.68. The van der Waals surface area contributed by atoms with Crippen molar-refractivity contribution in [1.29, 1.82) is 0 Å². The van der Waals surface area contributed by atoms with E-state index in [1.165, 1.54) is 25.7 Å². The highest BCUT2D eigenvalue weighted by atomic mass is 16.1. The summed E-state index contributed by atoms with van der Waals surface area (Å²) >= 11 is 0. The molecule has 5 aliphatic carbocycles. The fourth-order valence-corrected chi connectivity index (χ4v) is 7.19. The van der Waals surface area contributed by atoms with Crippen LogP contribution in [0.1, 0.15) is 73.1 Å². The average molecular weight is 327 g/mol. The Bertz CT molecular complexity index is 626. The summed E-state index contributed by atoms with van der Waals surface area (Å²) in [5, 5.41) is 0. The van der Waals surface area contributed by atoms with Crippen LogP contribution in [-0.2, 0) is 4.79 Å². The van der Waals surface area contributed by atoms with Crippen LogP contribution in [0.25, 0.3) is 0 Å². The molecule has 3 saturated carbocycles. The largest absolute Gasteiger partial charge is 0.295 e. The third-order valence-corrected chi connectivity index (χ3v) is 8.72. The molecule has 7 unspecified atom stereocenters. The molecular formula is C23H34O. The molecule has 0 aromatic carbocycles. The Balaban J connectivity index is 0.000000704. The summed E-state index contributed by atoms with van der Waals surface area (Å²) in [5.41, 5.74) is 4.06. The maximum absolute atomic E-state index is 12.0. The first-order valence-corrected chi connectivity index (χ1v) is 10.4. The van der Waals surface area contributed by atoms with Gasteiger partial charge >= 0.3 is 0 Å². The van der Waals surface area contributed by atoms with E-state index in [0.717, 1.165) is 42.4 Å². The number of ketones is 1. The van der Waals surface area contributed by atoms with Gasteiger partial charge in [-0.1, -0.05) is 44.9 Å². The van der Waals surface area contributed by atoms with Gasteiger partial charge in [0.2, 0.25) is 0 Å². The molecular weight excluding hydrogens is 292 g/mol. The van der Waals surface area contributed by atoms with Gasteiger partial charge in [-0.25, -0.2) is 0 Å². The van der Waals surface area contributed by atoms with Gasteiger partial charge in [0.05, 0.1) is 0 Å². The van der Waals surface area contributed by atoms with Crippen molar-refractivity contribution in [2.45, 2.75) is 73.1 Å². The van der Waals surface area contributed by atoms with Gasteiger partial charge in [0.1, 0.15) is 0 Å². The van der Waals surface area contributed by atoms with Gasteiger partial charge in [0.25, 0.3) is 0 Å². The number of allylic oxidation sites excluding steroid dienone is 4. The van der Waals surface area contributed by atoms with Crippen molar-refractivity contribution in [2.24, 2.45) is 40.4 Å². The predicted molar refractivity (Wildman–Crippen MR) is 99.6 cm³/mol. The average Bonchev–Trinajstić information content (AvgIpc) is 3.31. The Morgan fingerprint density at radius 1 is 1.08 bits per heavy atom. The molecule has 0 aromatic rings. The quantitative estimate of drug-likeness (QED) is 0.502. The van der Waals surface area contributed by atoms with Crippen LogP contribution in [0.2, 0.25) is 0 Å². The lowest BCUT2D eigenvalue weighted by atomic mass is 9.47. The number of rotatable bonds is 0. The van der Waals surface area contributed by atoms with Crippen molar-refractivity contribution >= 4 is 5.78 Å². The smallest absolute Gasteiger partial charge is 0.155 e. The molecule has 0 saturated heterocycles. The maximum atomic E-state index is 12.0. The second-order valence-corrected chi connectivity index (χ2v) is 9.36. The van der Waals surface area contributed by atoms with Crippen LogP contribution >= 0.6 is 0 Å². The van der Waals surface area contributed by atoms with E-state index in [0.29, 0.717) is 16.6 Å². The zero-order valence-electron chi connectivity index (χ0n) is 16.2. The van der Waals surface area contributed by atoms with Gasteiger partial charge in [-0.05, 0) is 85.5 Å². The molecule has 0 spiro atoms. The Morgan fingerprint density at radius 3 is 2.58 bits per heavy atom. The van der Waals surface area contributed by atoms with Crippen LogP contribution in [0, 0.1) is 40.4 Å². The second kappa shape index (κ2) is 5.32. The molecule has 1 heteroatoms. The lowest BCUT2D eigenvalue weighted by Crippen LogP contribution is -2.51. The first kappa shape index (κ1) is 16.6. The van der Waals surface area contributed by atoms with Crippen molar-refractivity contribution < 1.29 is 4.79 Å². The number of hydrogen-bond donors (Lipinski definition) is 0. The van der Waals surface area contributed by atoms with Gasteiger partial charge in [0.15, 0.2) is 5.78 Å². The van der Waals surface area contributed by atoms with Crippen molar-refractivity contribution in [2.75, 3.05) is 0 Å². The molecule has 24 heavy (non-hydrogen) atoms. The molecule has 0 N–H and O–H groups in total. The Labute approximate surface area is 148 Å². The number of hydrogen-bond acceptors (Lipinski definition) is 1. The summed E-state index contributed by atoms with van der Waals surface area (Å²) in [5.74, 6) is 4.71. The highest BCUT2D eigenvalue weighted by Gasteiger charge is 2.66. The Hall–Kier alpha value is -0.850. The molecule has 5 aliphatic rings. The van der Waals surface area contributed by atoms with Crippen LogP contribution < -0.4 is 0 Å². The lowest BCUT2D eigenvalue weighted by molar-refractivity contribution is -0.117. The number of fused-ring (bicyclic) bond motifs is 8. The van der Waals surface area contributed by atoms with Crippen LogP contribution in [0.15, 0.2) is 23.3 Å². The zero-order chi connectivity index (χ0) is 17.3. The summed E-state index contributed by atoms with van der Waals surface area (Å²) in [6.07, 6.45) is 12.0. The van der Waals surface area contributed by atoms with E-state index in [-0.39, 0.29) is 0 Å². The summed E-state index contributed by atoms with van der Waals surface area (Å²) < 4.78 is 0. The molecule has 0 heterocycles. The van der Waals surface area contributed by atoms with Crippen LogP contribution in [0.3, 0.4) is 0 Å².